The smallest absolute Gasteiger partial charge is 0.374 e. The summed E-state index contributed by atoms with van der Waals surface area (Å²) < 4.78 is 4.68. The maximum atomic E-state index is 10.8. The van der Waals surface area contributed by atoms with Gasteiger partial charge < -0.3 is 9.64 Å². The van der Waals surface area contributed by atoms with Crippen LogP contribution in [0.1, 0.15) is 13.3 Å². The SMILES string of the molecule is CCC(=O)C(=O)OCCN(C)C. The zero-order valence-corrected chi connectivity index (χ0v) is 7.79. The molecule has 0 atom stereocenters. The van der Waals surface area contributed by atoms with Crippen molar-refractivity contribution in [1.82, 2.24) is 4.90 Å². The van der Waals surface area contributed by atoms with Gasteiger partial charge in [-0.1, -0.05) is 6.92 Å². The van der Waals surface area contributed by atoms with E-state index in [2.05, 4.69) is 4.74 Å². The Morgan fingerprint density at radius 2 is 1.92 bits per heavy atom. The summed E-state index contributed by atoms with van der Waals surface area (Å²) in [6.07, 6.45) is 0.209. The Labute approximate surface area is 72.5 Å². The number of carbonyl (C=O) groups is 2. The van der Waals surface area contributed by atoms with E-state index >= 15 is 0 Å². The quantitative estimate of drug-likeness (QED) is 0.436. The van der Waals surface area contributed by atoms with E-state index < -0.39 is 11.8 Å². The van der Waals surface area contributed by atoms with E-state index in [4.69, 9.17) is 0 Å². The van der Waals surface area contributed by atoms with Gasteiger partial charge in [-0.3, -0.25) is 4.79 Å². The third-order valence-electron chi connectivity index (χ3n) is 1.32. The number of ether oxygens (including phenoxy) is 1. The van der Waals surface area contributed by atoms with Gasteiger partial charge in [-0.05, 0) is 14.1 Å². The molecule has 0 fully saturated rings. The van der Waals surface area contributed by atoms with Gasteiger partial charge in [0.25, 0.3) is 0 Å². The Balaban J connectivity index is 3.51. The minimum absolute atomic E-state index is 0.209. The summed E-state index contributed by atoms with van der Waals surface area (Å²) in [5.74, 6) is -1.19. The lowest BCUT2D eigenvalue weighted by molar-refractivity contribution is -0.153. The first kappa shape index (κ1) is 11.1. The van der Waals surface area contributed by atoms with Crippen molar-refractivity contribution in [3.05, 3.63) is 0 Å². The van der Waals surface area contributed by atoms with Gasteiger partial charge in [0.15, 0.2) is 0 Å². The molecule has 4 nitrogen and oxygen atoms in total. The number of Topliss-reactive ketones (excluding diaryl/α,β-unsaturated/α-hetero) is 1. The molecule has 0 aromatic rings. The van der Waals surface area contributed by atoms with Gasteiger partial charge >= 0.3 is 5.97 Å². The van der Waals surface area contributed by atoms with E-state index in [0.29, 0.717) is 6.54 Å². The third kappa shape index (κ3) is 4.85. The Hall–Kier alpha value is -0.900. The number of rotatable bonds is 5. The lowest BCUT2D eigenvalue weighted by atomic mass is 10.3. The van der Waals surface area contributed by atoms with Crippen molar-refractivity contribution in [2.45, 2.75) is 13.3 Å². The average molecular weight is 173 g/mol. The summed E-state index contributed by atoms with van der Waals surface area (Å²) in [5, 5.41) is 0. The highest BCUT2D eigenvalue weighted by Crippen LogP contribution is 1.86. The highest BCUT2D eigenvalue weighted by atomic mass is 16.5. The number of nitrogens with zero attached hydrogens (tertiary/aromatic N) is 1. The maximum absolute atomic E-state index is 10.8. The normalized spacial score (nSPS) is 10.0. The molecular formula is C8H15NO3. The third-order valence-corrected chi connectivity index (χ3v) is 1.32. The number of hydrogen-bond acceptors (Lipinski definition) is 4. The van der Waals surface area contributed by atoms with Gasteiger partial charge in [-0.15, -0.1) is 0 Å². The van der Waals surface area contributed by atoms with E-state index in [-0.39, 0.29) is 13.0 Å². The van der Waals surface area contributed by atoms with Crippen molar-refractivity contribution >= 4 is 11.8 Å². The second-order valence-electron chi connectivity index (χ2n) is 2.72. The lowest BCUT2D eigenvalue weighted by Gasteiger charge is -2.08. The van der Waals surface area contributed by atoms with Crippen LogP contribution in [0.4, 0.5) is 0 Å². The van der Waals surface area contributed by atoms with Crippen molar-refractivity contribution in [2.75, 3.05) is 27.2 Å². The minimum atomic E-state index is -0.723. The van der Waals surface area contributed by atoms with Gasteiger partial charge in [0.05, 0.1) is 0 Å². The molecule has 12 heavy (non-hydrogen) atoms. The molecular weight excluding hydrogens is 158 g/mol. The van der Waals surface area contributed by atoms with Crippen LogP contribution in [-0.2, 0) is 14.3 Å². The fraction of sp³-hybridized carbons (Fsp3) is 0.750. The number of esters is 1. The van der Waals surface area contributed by atoms with Gasteiger partial charge in [-0.25, -0.2) is 4.79 Å². The minimum Gasteiger partial charge on any atom is -0.459 e. The first-order valence-electron chi connectivity index (χ1n) is 3.92. The standard InChI is InChI=1S/C8H15NO3/c1-4-7(10)8(11)12-6-5-9(2)3/h4-6H2,1-3H3. The number of likely N-dealkylation sites (N-methyl/N-ethyl adjacent to an activating group) is 1. The Kier molecular flexibility index (Phi) is 5.28. The molecule has 0 amide bonds. The van der Waals surface area contributed by atoms with Crippen molar-refractivity contribution in [1.29, 1.82) is 0 Å². The molecule has 0 rings (SSSR count). The largest absolute Gasteiger partial charge is 0.459 e. The van der Waals surface area contributed by atoms with E-state index in [0.717, 1.165) is 0 Å². The monoisotopic (exact) mass is 173 g/mol. The molecule has 0 aliphatic rings. The van der Waals surface area contributed by atoms with Gasteiger partial charge in [-0.2, -0.15) is 0 Å². The van der Waals surface area contributed by atoms with Crippen LogP contribution >= 0.6 is 0 Å². The fourth-order valence-corrected chi connectivity index (χ4v) is 0.546. The van der Waals surface area contributed by atoms with Gasteiger partial charge in [0.1, 0.15) is 6.61 Å². The molecule has 0 saturated heterocycles. The van der Waals surface area contributed by atoms with Crippen LogP contribution in [0.3, 0.4) is 0 Å². The molecule has 70 valence electrons. The van der Waals surface area contributed by atoms with E-state index in [9.17, 15) is 9.59 Å². The lowest BCUT2D eigenvalue weighted by Crippen LogP contribution is -2.23. The summed E-state index contributed by atoms with van der Waals surface area (Å²) >= 11 is 0. The zero-order valence-electron chi connectivity index (χ0n) is 7.79. The van der Waals surface area contributed by atoms with Gasteiger partial charge in [0, 0.05) is 13.0 Å². The van der Waals surface area contributed by atoms with Crippen molar-refractivity contribution < 1.29 is 14.3 Å². The molecule has 4 heteroatoms. The van der Waals surface area contributed by atoms with E-state index in [1.165, 1.54) is 0 Å². The second kappa shape index (κ2) is 5.71. The topological polar surface area (TPSA) is 46.6 Å². The van der Waals surface area contributed by atoms with Crippen LogP contribution < -0.4 is 0 Å². The number of hydrogen-bond donors (Lipinski definition) is 0. The molecule has 0 saturated carbocycles. The molecule has 0 radical (unpaired) electrons. The summed E-state index contributed by atoms with van der Waals surface area (Å²) in [6.45, 7) is 2.55. The van der Waals surface area contributed by atoms with Crippen LogP contribution in [-0.4, -0.2) is 43.9 Å². The molecule has 0 bridgehead atoms. The van der Waals surface area contributed by atoms with E-state index in [1.54, 1.807) is 6.92 Å². The van der Waals surface area contributed by atoms with Gasteiger partial charge in [0.2, 0.25) is 5.78 Å². The first-order valence-corrected chi connectivity index (χ1v) is 3.92. The van der Waals surface area contributed by atoms with Crippen molar-refractivity contribution in [3.8, 4) is 0 Å². The maximum Gasteiger partial charge on any atom is 0.374 e. The second-order valence-corrected chi connectivity index (χ2v) is 2.72. The number of carbonyl (C=O) groups excluding carboxylic acids is 2. The molecule has 0 N–H and O–H groups in total. The van der Waals surface area contributed by atoms with Crippen LogP contribution in [0.25, 0.3) is 0 Å². The Morgan fingerprint density at radius 1 is 1.33 bits per heavy atom. The predicted molar refractivity (Wildman–Crippen MR) is 44.8 cm³/mol. The summed E-state index contributed by atoms with van der Waals surface area (Å²) in [6, 6.07) is 0. The summed E-state index contributed by atoms with van der Waals surface area (Å²) in [5.41, 5.74) is 0. The molecule has 0 aromatic carbocycles. The summed E-state index contributed by atoms with van der Waals surface area (Å²) in [7, 11) is 3.74. The Bertz CT molecular complexity index is 166. The molecule has 0 aromatic heterocycles. The van der Waals surface area contributed by atoms with Crippen LogP contribution in [0.5, 0.6) is 0 Å². The first-order chi connectivity index (χ1) is 5.57. The highest BCUT2D eigenvalue weighted by Gasteiger charge is 2.11. The predicted octanol–water partition coefficient (Wildman–Crippen LogP) is 0.0703. The fourth-order valence-electron chi connectivity index (χ4n) is 0.546. The molecule has 0 spiro atoms. The zero-order chi connectivity index (χ0) is 9.56. The van der Waals surface area contributed by atoms with E-state index in [1.807, 2.05) is 19.0 Å². The Morgan fingerprint density at radius 3 is 2.33 bits per heavy atom. The molecule has 0 heterocycles. The molecule has 0 aliphatic heterocycles. The van der Waals surface area contributed by atoms with Crippen LogP contribution in [0, 0.1) is 0 Å². The molecule has 0 aliphatic carbocycles. The highest BCUT2D eigenvalue weighted by molar-refractivity contribution is 6.33. The summed E-state index contributed by atoms with van der Waals surface area (Å²) in [4.78, 5) is 23.3. The van der Waals surface area contributed by atoms with Crippen LogP contribution in [0.15, 0.2) is 0 Å². The number of ketones is 1. The molecule has 0 unspecified atom stereocenters. The average Bonchev–Trinajstić information content (AvgIpc) is 2.02. The van der Waals surface area contributed by atoms with Crippen molar-refractivity contribution in [2.24, 2.45) is 0 Å². The van der Waals surface area contributed by atoms with Crippen molar-refractivity contribution in [3.63, 3.8) is 0 Å². The van der Waals surface area contributed by atoms with Crippen LogP contribution in [0.2, 0.25) is 0 Å².